The van der Waals surface area contributed by atoms with Crippen LogP contribution in [0.3, 0.4) is 0 Å². The number of aromatic nitrogens is 5. The Balaban J connectivity index is 1.66. The number of nitrogens with zero attached hydrogens (tertiary/aromatic N) is 5. The molecule has 0 aromatic carbocycles. The number of carbonyl (C=O) groups is 1. The largest absolute Gasteiger partial charge is 0.347 e. The lowest BCUT2D eigenvalue weighted by Gasteiger charge is -2.12. The Labute approximate surface area is 184 Å². The summed E-state index contributed by atoms with van der Waals surface area (Å²) in [4.78, 5) is 46.5. The van der Waals surface area contributed by atoms with Crippen molar-refractivity contribution < 1.29 is 4.79 Å². The molecule has 4 rings (SSSR count). The first-order valence-electron chi connectivity index (χ1n) is 10.3. The normalized spacial score (nSPS) is 11.1. The molecule has 4 aromatic heterocycles. The van der Waals surface area contributed by atoms with Gasteiger partial charge in [0, 0.05) is 51.3 Å². The highest BCUT2D eigenvalue weighted by atomic mass is 16.2. The van der Waals surface area contributed by atoms with Crippen molar-refractivity contribution in [3.8, 4) is 11.3 Å². The molecule has 9 heteroatoms. The number of rotatable bonds is 6. The monoisotopic (exact) mass is 432 g/mol. The predicted molar refractivity (Wildman–Crippen MR) is 121 cm³/mol. The van der Waals surface area contributed by atoms with E-state index in [-0.39, 0.29) is 5.91 Å². The Morgan fingerprint density at radius 2 is 1.78 bits per heavy atom. The van der Waals surface area contributed by atoms with Crippen LogP contribution in [-0.2, 0) is 27.2 Å². The quantitative estimate of drug-likeness (QED) is 0.501. The average Bonchev–Trinajstić information content (AvgIpc) is 3.20. The molecular formula is C23H24N6O3. The fourth-order valence-corrected chi connectivity index (χ4v) is 3.82. The van der Waals surface area contributed by atoms with Crippen LogP contribution >= 0.6 is 0 Å². The fraction of sp³-hybridized carbons (Fsp3) is 0.261. The van der Waals surface area contributed by atoms with E-state index in [1.807, 2.05) is 31.2 Å². The zero-order chi connectivity index (χ0) is 22.8. The minimum Gasteiger partial charge on any atom is -0.347 e. The summed E-state index contributed by atoms with van der Waals surface area (Å²) in [6, 6.07) is 9.07. The van der Waals surface area contributed by atoms with Crippen molar-refractivity contribution in [1.82, 2.24) is 29.0 Å². The maximum Gasteiger partial charge on any atom is 0.332 e. The average molecular weight is 432 g/mol. The van der Waals surface area contributed by atoms with E-state index < -0.39 is 11.2 Å². The summed E-state index contributed by atoms with van der Waals surface area (Å²) in [6.07, 6.45) is 5.85. The molecule has 0 fully saturated rings. The molecule has 0 aliphatic rings. The number of aryl methyl sites for hydroxylation is 2. The van der Waals surface area contributed by atoms with Crippen LogP contribution < -0.4 is 16.6 Å². The molecule has 0 spiro atoms. The molecule has 4 heterocycles. The molecule has 0 atom stereocenters. The highest BCUT2D eigenvalue weighted by molar-refractivity contribution is 5.97. The van der Waals surface area contributed by atoms with E-state index in [9.17, 15) is 14.4 Å². The molecule has 0 bridgehead atoms. The summed E-state index contributed by atoms with van der Waals surface area (Å²) >= 11 is 0. The van der Waals surface area contributed by atoms with E-state index in [1.165, 1.54) is 11.6 Å². The van der Waals surface area contributed by atoms with Gasteiger partial charge in [0.25, 0.3) is 11.5 Å². The summed E-state index contributed by atoms with van der Waals surface area (Å²) in [7, 11) is 3.04. The van der Waals surface area contributed by atoms with Gasteiger partial charge in [0.2, 0.25) is 0 Å². The highest BCUT2D eigenvalue weighted by Gasteiger charge is 2.20. The van der Waals surface area contributed by atoms with Gasteiger partial charge in [-0.1, -0.05) is 6.92 Å². The van der Waals surface area contributed by atoms with Gasteiger partial charge < -0.3 is 9.88 Å². The summed E-state index contributed by atoms with van der Waals surface area (Å²) in [5.41, 5.74) is 2.58. The lowest BCUT2D eigenvalue weighted by Crippen LogP contribution is -2.37. The van der Waals surface area contributed by atoms with Crippen LogP contribution in [0.5, 0.6) is 0 Å². The van der Waals surface area contributed by atoms with E-state index in [4.69, 9.17) is 0 Å². The first-order valence-corrected chi connectivity index (χ1v) is 10.3. The van der Waals surface area contributed by atoms with Crippen LogP contribution in [0.2, 0.25) is 0 Å². The summed E-state index contributed by atoms with van der Waals surface area (Å²) < 4.78 is 4.20. The van der Waals surface area contributed by atoms with Crippen LogP contribution in [-0.4, -0.2) is 29.6 Å². The number of amides is 1. The second-order valence-corrected chi connectivity index (χ2v) is 7.59. The molecule has 4 aromatic rings. The number of hydrogen-bond donors (Lipinski definition) is 1. The minimum absolute atomic E-state index is 0.296. The molecule has 0 radical (unpaired) electrons. The zero-order valence-electron chi connectivity index (χ0n) is 18.2. The Morgan fingerprint density at radius 3 is 2.50 bits per heavy atom. The molecule has 1 amide bonds. The first-order chi connectivity index (χ1) is 15.4. The van der Waals surface area contributed by atoms with Crippen molar-refractivity contribution in [2.24, 2.45) is 14.1 Å². The molecule has 0 aliphatic carbocycles. The molecule has 9 nitrogen and oxygen atoms in total. The van der Waals surface area contributed by atoms with Crippen molar-refractivity contribution in [3.05, 3.63) is 81.0 Å². The van der Waals surface area contributed by atoms with Gasteiger partial charge in [-0.2, -0.15) is 0 Å². The third-order valence-corrected chi connectivity index (χ3v) is 5.43. The Kier molecular flexibility index (Phi) is 5.72. The van der Waals surface area contributed by atoms with Gasteiger partial charge in [-0.05, 0) is 42.3 Å². The minimum atomic E-state index is -0.426. The van der Waals surface area contributed by atoms with Gasteiger partial charge in [0.15, 0.2) is 0 Å². The van der Waals surface area contributed by atoms with Crippen LogP contribution in [0, 0.1) is 0 Å². The Morgan fingerprint density at radius 1 is 1.03 bits per heavy atom. The van der Waals surface area contributed by atoms with Crippen molar-refractivity contribution in [3.63, 3.8) is 0 Å². The smallest absolute Gasteiger partial charge is 0.332 e. The van der Waals surface area contributed by atoms with Crippen LogP contribution in [0.15, 0.2) is 58.5 Å². The third-order valence-electron chi connectivity index (χ3n) is 5.43. The maximum atomic E-state index is 13.1. The molecule has 164 valence electrons. The topological polar surface area (TPSA) is 104 Å². The SMILES string of the molecule is CCCn1c(C(=O)NCc2ccnc(-c3ccncc3)c2)cc2c(=O)n(C)c(=O)n(C)c21. The van der Waals surface area contributed by atoms with Crippen molar-refractivity contribution in [2.45, 2.75) is 26.4 Å². The Hall–Kier alpha value is -4.01. The number of pyridine rings is 2. The highest BCUT2D eigenvalue weighted by Crippen LogP contribution is 2.18. The number of nitrogens with one attached hydrogen (secondary N) is 1. The predicted octanol–water partition coefficient (Wildman–Crippen LogP) is 1.84. The van der Waals surface area contributed by atoms with Crippen LogP contribution in [0.1, 0.15) is 29.4 Å². The van der Waals surface area contributed by atoms with E-state index in [1.54, 1.807) is 36.3 Å². The van der Waals surface area contributed by atoms with E-state index >= 15 is 0 Å². The summed E-state index contributed by atoms with van der Waals surface area (Å²) in [5, 5.41) is 3.27. The van der Waals surface area contributed by atoms with Gasteiger partial charge in [-0.25, -0.2) is 4.79 Å². The zero-order valence-corrected chi connectivity index (χ0v) is 18.2. The number of carbonyl (C=O) groups excluding carboxylic acids is 1. The lowest BCUT2D eigenvalue weighted by molar-refractivity contribution is 0.0942. The fourth-order valence-electron chi connectivity index (χ4n) is 3.82. The standard InChI is InChI=1S/C23H24N6O3/c1-4-11-29-19(13-17-21(29)27(2)23(32)28(3)22(17)31)20(30)26-14-15-5-10-25-18(12-15)16-6-8-24-9-7-16/h5-10,12-13H,4,11,14H2,1-3H3,(H,26,30). The molecule has 32 heavy (non-hydrogen) atoms. The maximum absolute atomic E-state index is 13.1. The molecule has 0 aliphatic heterocycles. The van der Waals surface area contributed by atoms with Gasteiger partial charge in [0.05, 0.1) is 11.1 Å². The van der Waals surface area contributed by atoms with Gasteiger partial charge >= 0.3 is 5.69 Å². The molecular weight excluding hydrogens is 408 g/mol. The van der Waals surface area contributed by atoms with E-state index in [0.717, 1.165) is 27.8 Å². The van der Waals surface area contributed by atoms with Gasteiger partial charge in [-0.3, -0.25) is 28.7 Å². The second kappa shape index (κ2) is 8.62. The van der Waals surface area contributed by atoms with Gasteiger partial charge in [0.1, 0.15) is 11.3 Å². The molecule has 0 saturated carbocycles. The van der Waals surface area contributed by atoms with E-state index in [0.29, 0.717) is 29.8 Å². The van der Waals surface area contributed by atoms with Crippen LogP contribution in [0.25, 0.3) is 22.3 Å². The van der Waals surface area contributed by atoms with Gasteiger partial charge in [-0.15, -0.1) is 0 Å². The van der Waals surface area contributed by atoms with E-state index in [2.05, 4.69) is 15.3 Å². The second-order valence-electron chi connectivity index (χ2n) is 7.59. The number of hydrogen-bond acceptors (Lipinski definition) is 5. The third kappa shape index (κ3) is 3.73. The van der Waals surface area contributed by atoms with Crippen molar-refractivity contribution in [2.75, 3.05) is 0 Å². The Bertz CT molecular complexity index is 1420. The van der Waals surface area contributed by atoms with Crippen molar-refractivity contribution in [1.29, 1.82) is 0 Å². The lowest BCUT2D eigenvalue weighted by atomic mass is 10.1. The molecule has 0 saturated heterocycles. The number of fused-ring (bicyclic) bond motifs is 1. The summed E-state index contributed by atoms with van der Waals surface area (Å²) in [5.74, 6) is -0.313. The van der Waals surface area contributed by atoms with Crippen LogP contribution in [0.4, 0.5) is 0 Å². The van der Waals surface area contributed by atoms with Crippen molar-refractivity contribution >= 4 is 16.9 Å². The molecule has 0 unspecified atom stereocenters. The molecule has 1 N–H and O–H groups in total. The first kappa shape index (κ1) is 21.2. The summed E-state index contributed by atoms with van der Waals surface area (Å²) in [6.45, 7) is 2.78.